The minimum Gasteiger partial charge on any atom is -0.450 e. The van der Waals surface area contributed by atoms with E-state index in [9.17, 15) is 19.5 Å². The van der Waals surface area contributed by atoms with E-state index in [4.69, 9.17) is 4.74 Å². The second-order valence-electron chi connectivity index (χ2n) is 11.8. The molecule has 33 heavy (non-hydrogen) atoms. The van der Waals surface area contributed by atoms with Gasteiger partial charge in [0.25, 0.3) is 0 Å². The van der Waals surface area contributed by atoms with Crippen LogP contribution in [-0.2, 0) is 19.1 Å². The third-order valence-electron chi connectivity index (χ3n) is 10.2. The number of halogens is 1. The van der Waals surface area contributed by atoms with Gasteiger partial charge in [0.15, 0.2) is 17.2 Å². The number of carbonyl (C=O) groups is 3. The van der Waals surface area contributed by atoms with Gasteiger partial charge < -0.3 is 9.84 Å². The lowest BCUT2D eigenvalue weighted by Crippen LogP contribution is -2.70. The molecule has 1 N–H and O–H groups in total. The van der Waals surface area contributed by atoms with Gasteiger partial charge in [0.2, 0.25) is 0 Å². The lowest BCUT2D eigenvalue weighted by Gasteiger charge is -2.64. The summed E-state index contributed by atoms with van der Waals surface area (Å²) >= 11 is 0. The average molecular weight is 463 g/mol. The number of fused-ring (bicyclic) bond motifs is 5. The summed E-state index contributed by atoms with van der Waals surface area (Å²) in [6, 6.07) is 0. The maximum atomic E-state index is 17.4. The number of ketones is 2. The maximum Gasteiger partial charge on any atom is 0.306 e. The molecule has 3 unspecified atom stereocenters. The van der Waals surface area contributed by atoms with Crippen LogP contribution < -0.4 is 0 Å². The van der Waals surface area contributed by atoms with Crippen molar-refractivity contribution in [2.75, 3.05) is 0 Å². The van der Waals surface area contributed by atoms with Gasteiger partial charge in [-0.25, -0.2) is 4.39 Å². The first-order valence-corrected chi connectivity index (χ1v) is 12.6. The van der Waals surface area contributed by atoms with Crippen LogP contribution in [0.4, 0.5) is 4.39 Å². The largest absolute Gasteiger partial charge is 0.450 e. The Hall–Kier alpha value is -1.56. The Morgan fingerprint density at radius 2 is 1.88 bits per heavy atom. The van der Waals surface area contributed by atoms with E-state index in [2.05, 4.69) is 0 Å². The van der Waals surface area contributed by atoms with Crippen LogP contribution in [0.2, 0.25) is 0 Å². The Bertz CT molecular complexity index is 912. The summed E-state index contributed by atoms with van der Waals surface area (Å²) in [5.74, 6) is -1.56. The van der Waals surface area contributed by atoms with E-state index in [-0.39, 0.29) is 48.6 Å². The molecule has 184 valence electrons. The van der Waals surface area contributed by atoms with Crippen molar-refractivity contribution in [1.82, 2.24) is 0 Å². The number of hydrogen-bond acceptors (Lipinski definition) is 5. The number of aliphatic hydroxyl groups excluding tert-OH is 1. The van der Waals surface area contributed by atoms with Crippen LogP contribution in [0.1, 0.15) is 86.5 Å². The highest BCUT2D eigenvalue weighted by atomic mass is 19.1. The Morgan fingerprint density at radius 1 is 1.21 bits per heavy atom. The molecule has 0 spiro atoms. The number of alkyl halides is 1. The normalized spacial score (nSPS) is 48.9. The molecule has 0 amide bonds. The predicted molar refractivity (Wildman–Crippen MR) is 122 cm³/mol. The molecule has 0 aromatic rings. The monoisotopic (exact) mass is 462 g/mol. The molecule has 0 aromatic carbocycles. The fourth-order valence-corrected chi connectivity index (χ4v) is 8.76. The number of Topliss-reactive ketones (excluding diaryl/α,β-unsaturated/α-hetero) is 1. The number of rotatable bonds is 4. The van der Waals surface area contributed by atoms with Gasteiger partial charge in [0, 0.05) is 35.5 Å². The van der Waals surface area contributed by atoms with Gasteiger partial charge in [-0.3, -0.25) is 14.4 Å². The first-order valence-electron chi connectivity index (χ1n) is 12.6. The number of allylic oxidation sites excluding steroid dienone is 1. The van der Waals surface area contributed by atoms with Crippen molar-refractivity contribution < 1.29 is 28.6 Å². The van der Waals surface area contributed by atoms with E-state index < -0.39 is 40.1 Å². The molecule has 4 aliphatic carbocycles. The summed E-state index contributed by atoms with van der Waals surface area (Å²) in [5.41, 5.74) is -4.22. The minimum absolute atomic E-state index is 0.00736. The van der Waals surface area contributed by atoms with E-state index in [1.165, 1.54) is 6.92 Å². The molecule has 0 aliphatic heterocycles. The molecule has 0 heterocycles. The second-order valence-corrected chi connectivity index (χ2v) is 11.8. The second kappa shape index (κ2) is 7.73. The molecule has 6 heteroatoms. The van der Waals surface area contributed by atoms with Crippen molar-refractivity contribution in [3.63, 3.8) is 0 Å². The fraction of sp³-hybridized carbons (Fsp3) is 0.815. The molecule has 0 aromatic heterocycles. The third kappa shape index (κ3) is 2.94. The molecular formula is C27H39FO5. The molecule has 0 bridgehead atoms. The molecule has 4 aliphatic rings. The van der Waals surface area contributed by atoms with Gasteiger partial charge in [-0.1, -0.05) is 40.2 Å². The highest BCUT2D eigenvalue weighted by Gasteiger charge is 2.77. The standard InChI is InChI=1S/C27H39FO5/c1-7-8-23(32)33-27(17(4)29)16(3)12-20-21-11-15(2)19-13-18(30)9-10-24(19,5)26(21,28)22(31)14-25(20,27)6/h13,15-16,20-22,31H,7-12,14H2,1-6H3/t15?,16?,20-,21-,22?,24-,25-,26-,27-/m0/s1. The first kappa shape index (κ1) is 24.6. The van der Waals surface area contributed by atoms with Crippen molar-refractivity contribution in [3.05, 3.63) is 11.6 Å². The zero-order valence-electron chi connectivity index (χ0n) is 20.9. The van der Waals surface area contributed by atoms with Crippen molar-refractivity contribution in [3.8, 4) is 0 Å². The first-order chi connectivity index (χ1) is 15.3. The molecule has 3 fully saturated rings. The number of hydrogen-bond donors (Lipinski definition) is 1. The van der Waals surface area contributed by atoms with E-state index in [0.29, 0.717) is 25.7 Å². The van der Waals surface area contributed by atoms with E-state index in [1.807, 2.05) is 34.6 Å². The molecule has 4 rings (SSSR count). The third-order valence-corrected chi connectivity index (χ3v) is 10.2. The maximum absolute atomic E-state index is 17.4. The fourth-order valence-electron chi connectivity index (χ4n) is 8.76. The number of ether oxygens (including phenoxy) is 1. The highest BCUT2D eigenvalue weighted by molar-refractivity contribution is 5.92. The van der Waals surface area contributed by atoms with Crippen LogP contribution >= 0.6 is 0 Å². The van der Waals surface area contributed by atoms with Crippen molar-refractivity contribution in [2.45, 2.75) is 104 Å². The van der Waals surface area contributed by atoms with Crippen LogP contribution in [0.3, 0.4) is 0 Å². The summed E-state index contributed by atoms with van der Waals surface area (Å²) < 4.78 is 23.4. The predicted octanol–water partition coefficient (Wildman–Crippen LogP) is 4.74. The van der Waals surface area contributed by atoms with Crippen LogP contribution in [-0.4, -0.2) is 40.0 Å². The van der Waals surface area contributed by atoms with Gasteiger partial charge in [-0.05, 0) is 56.9 Å². The van der Waals surface area contributed by atoms with Crippen molar-refractivity contribution in [2.24, 2.45) is 34.5 Å². The number of carbonyl (C=O) groups excluding carboxylic acids is 3. The molecule has 3 saturated carbocycles. The van der Waals surface area contributed by atoms with E-state index in [1.54, 1.807) is 6.08 Å². The van der Waals surface area contributed by atoms with Gasteiger partial charge >= 0.3 is 5.97 Å². The zero-order valence-corrected chi connectivity index (χ0v) is 20.9. The summed E-state index contributed by atoms with van der Waals surface area (Å²) in [6.07, 6.45) is 2.94. The zero-order chi connectivity index (χ0) is 24.6. The Labute approximate surface area is 196 Å². The summed E-state index contributed by atoms with van der Waals surface area (Å²) in [7, 11) is 0. The van der Waals surface area contributed by atoms with Crippen LogP contribution in [0.15, 0.2) is 11.6 Å². The summed E-state index contributed by atoms with van der Waals surface area (Å²) in [5, 5.41) is 11.5. The van der Waals surface area contributed by atoms with Gasteiger partial charge in [0.1, 0.15) is 5.67 Å². The summed E-state index contributed by atoms with van der Waals surface area (Å²) in [4.78, 5) is 38.1. The quantitative estimate of drug-likeness (QED) is 0.610. The van der Waals surface area contributed by atoms with Gasteiger partial charge in [-0.15, -0.1) is 0 Å². The number of esters is 1. The molecule has 0 radical (unpaired) electrons. The van der Waals surface area contributed by atoms with Crippen LogP contribution in [0.25, 0.3) is 0 Å². The minimum atomic E-state index is -1.89. The Morgan fingerprint density at radius 3 is 2.48 bits per heavy atom. The highest BCUT2D eigenvalue weighted by Crippen LogP contribution is 2.72. The van der Waals surface area contributed by atoms with Gasteiger partial charge in [-0.2, -0.15) is 0 Å². The van der Waals surface area contributed by atoms with E-state index >= 15 is 4.39 Å². The topological polar surface area (TPSA) is 80.7 Å². The van der Waals surface area contributed by atoms with Crippen molar-refractivity contribution in [1.29, 1.82) is 0 Å². The van der Waals surface area contributed by atoms with Gasteiger partial charge in [0.05, 0.1) is 6.10 Å². The lowest BCUT2D eigenvalue weighted by atomic mass is 9.42. The Kier molecular flexibility index (Phi) is 5.75. The summed E-state index contributed by atoms with van der Waals surface area (Å²) in [6.45, 7) is 11.1. The SMILES string of the molecule is CCCC(=O)O[C@]1(C(C)=O)C(C)C[C@H]2[C@@H]3CC(C)C4=CC(=O)CC[C@]4(C)[C@@]3(F)C(O)C[C@@]21C. The van der Waals surface area contributed by atoms with E-state index in [0.717, 1.165) is 5.57 Å². The molecular weight excluding hydrogens is 423 g/mol. The molecule has 9 atom stereocenters. The van der Waals surface area contributed by atoms with Crippen LogP contribution in [0.5, 0.6) is 0 Å². The number of aliphatic hydroxyl groups is 1. The smallest absolute Gasteiger partial charge is 0.306 e. The van der Waals surface area contributed by atoms with Crippen molar-refractivity contribution >= 4 is 17.5 Å². The molecule has 0 saturated heterocycles. The average Bonchev–Trinajstić information content (AvgIpc) is 2.94. The Balaban J connectivity index is 1.84. The molecule has 5 nitrogen and oxygen atoms in total. The lowest BCUT2D eigenvalue weighted by molar-refractivity contribution is -0.237. The van der Waals surface area contributed by atoms with Crippen LogP contribution in [0, 0.1) is 34.5 Å².